The maximum atomic E-state index is 12.4. The third-order valence-electron chi connectivity index (χ3n) is 3.11. The van der Waals surface area contributed by atoms with Gasteiger partial charge in [-0.3, -0.25) is 0 Å². The molecule has 1 N–H and O–H groups in total. The third-order valence-corrected chi connectivity index (χ3v) is 3.11. The Bertz CT molecular complexity index is 680. The van der Waals surface area contributed by atoms with Gasteiger partial charge in [-0.1, -0.05) is 0 Å². The highest BCUT2D eigenvalue weighted by atomic mass is 16.6. The summed E-state index contributed by atoms with van der Waals surface area (Å²) in [6, 6.07) is 5.46. The molecule has 114 valence electrons. The Balaban J connectivity index is 2.64. The van der Waals surface area contributed by atoms with Gasteiger partial charge in [-0.25, -0.2) is 9.36 Å². The molecule has 0 unspecified atom stereocenters. The Morgan fingerprint density at radius 3 is 2.48 bits per heavy atom. The minimum absolute atomic E-state index is 0.240. The van der Waals surface area contributed by atoms with Gasteiger partial charge < -0.3 is 14.6 Å². The number of fused-ring (bicyclic) bond motifs is 1. The number of aliphatic hydroxyl groups excluding tert-OH is 1. The topological polar surface area (TPSA) is 60.7 Å². The lowest BCUT2D eigenvalue weighted by Crippen LogP contribution is -2.28. The number of aromatic nitrogens is 1. The number of carbonyl (C=O) groups is 1. The molecule has 5 nitrogen and oxygen atoms in total. The molecule has 2 rings (SSSR count). The third kappa shape index (κ3) is 3.03. The second-order valence-corrected chi connectivity index (χ2v) is 5.99. The van der Waals surface area contributed by atoms with Crippen LogP contribution in [0.4, 0.5) is 4.79 Å². The van der Waals surface area contributed by atoms with Gasteiger partial charge in [0.15, 0.2) is 0 Å². The first-order chi connectivity index (χ1) is 9.76. The lowest BCUT2D eigenvalue weighted by atomic mass is 10.1. The second kappa shape index (κ2) is 5.41. The maximum Gasteiger partial charge on any atom is 0.419 e. The highest BCUT2D eigenvalue weighted by Crippen LogP contribution is 2.29. The zero-order valence-corrected chi connectivity index (χ0v) is 13.1. The highest BCUT2D eigenvalue weighted by Gasteiger charge is 2.23. The number of ether oxygens (including phenoxy) is 2. The van der Waals surface area contributed by atoms with Gasteiger partial charge in [-0.05, 0) is 51.5 Å². The molecular weight excluding hydrogens is 270 g/mol. The number of carbonyl (C=O) groups excluding carboxylic acids is 1. The van der Waals surface area contributed by atoms with Gasteiger partial charge in [0, 0.05) is 5.39 Å². The molecule has 2 aromatic rings. The lowest BCUT2D eigenvalue weighted by Gasteiger charge is -2.21. The van der Waals surface area contributed by atoms with E-state index >= 15 is 0 Å². The van der Waals surface area contributed by atoms with E-state index in [1.54, 1.807) is 13.2 Å². The number of methoxy groups -OCH3 is 1. The summed E-state index contributed by atoms with van der Waals surface area (Å²) in [7, 11) is 1.60. The molecule has 1 heterocycles. The predicted molar refractivity (Wildman–Crippen MR) is 80.8 cm³/mol. The molecule has 5 heteroatoms. The van der Waals surface area contributed by atoms with Crippen LogP contribution in [0.3, 0.4) is 0 Å². The smallest absolute Gasteiger partial charge is 0.419 e. The highest BCUT2D eigenvalue weighted by molar-refractivity contribution is 5.93. The fraction of sp³-hybridized carbons (Fsp3) is 0.438. The monoisotopic (exact) mass is 291 g/mol. The predicted octanol–water partition coefficient (Wildman–Crippen LogP) is 3.23. The number of aryl methyl sites for hydroxylation is 1. The zero-order chi connectivity index (χ0) is 15.8. The number of rotatable bonds is 2. The van der Waals surface area contributed by atoms with Crippen molar-refractivity contribution in [2.45, 2.75) is 39.9 Å². The van der Waals surface area contributed by atoms with Gasteiger partial charge >= 0.3 is 6.09 Å². The van der Waals surface area contributed by atoms with Gasteiger partial charge in [0.05, 0.1) is 24.9 Å². The van der Waals surface area contributed by atoms with Crippen LogP contribution >= 0.6 is 0 Å². The standard InChI is InChI=1S/C16H21NO4/c1-10-6-13(20-5)8-11-7-12(9-18)17(14(10)11)15(19)21-16(2,3)4/h6-8,18H,9H2,1-5H3. The van der Waals surface area contributed by atoms with Crippen LogP contribution in [0.15, 0.2) is 18.2 Å². The number of benzene rings is 1. The summed E-state index contributed by atoms with van der Waals surface area (Å²) in [4.78, 5) is 12.4. The van der Waals surface area contributed by atoms with Crippen molar-refractivity contribution < 1.29 is 19.4 Å². The Morgan fingerprint density at radius 1 is 1.29 bits per heavy atom. The van der Waals surface area contributed by atoms with E-state index < -0.39 is 11.7 Å². The number of hydrogen-bond donors (Lipinski definition) is 1. The Labute approximate surface area is 124 Å². The van der Waals surface area contributed by atoms with Crippen LogP contribution in [0.2, 0.25) is 0 Å². The Hall–Kier alpha value is -2.01. The van der Waals surface area contributed by atoms with Crippen LogP contribution in [-0.4, -0.2) is 28.5 Å². The van der Waals surface area contributed by atoms with Crippen LogP contribution in [-0.2, 0) is 11.3 Å². The average molecular weight is 291 g/mol. The molecule has 0 saturated heterocycles. The van der Waals surface area contributed by atoms with E-state index in [4.69, 9.17) is 9.47 Å². The summed E-state index contributed by atoms with van der Waals surface area (Å²) < 4.78 is 12.1. The van der Waals surface area contributed by atoms with Gasteiger partial charge in [-0.15, -0.1) is 0 Å². The van der Waals surface area contributed by atoms with Gasteiger partial charge in [0.25, 0.3) is 0 Å². The van der Waals surface area contributed by atoms with Crippen molar-refractivity contribution in [2.24, 2.45) is 0 Å². The van der Waals surface area contributed by atoms with Gasteiger partial charge in [-0.2, -0.15) is 0 Å². The van der Waals surface area contributed by atoms with Crippen molar-refractivity contribution in [1.29, 1.82) is 0 Å². The maximum absolute atomic E-state index is 12.4. The molecule has 0 radical (unpaired) electrons. The second-order valence-electron chi connectivity index (χ2n) is 5.99. The first-order valence-corrected chi connectivity index (χ1v) is 6.80. The molecular formula is C16H21NO4. The quantitative estimate of drug-likeness (QED) is 0.922. The molecule has 0 amide bonds. The molecule has 0 spiro atoms. The molecule has 1 aromatic carbocycles. The van der Waals surface area contributed by atoms with Crippen molar-refractivity contribution >= 4 is 17.0 Å². The van der Waals surface area contributed by atoms with E-state index in [1.807, 2.05) is 39.8 Å². The fourth-order valence-electron chi connectivity index (χ4n) is 2.33. The van der Waals surface area contributed by atoms with Crippen LogP contribution in [0, 0.1) is 6.92 Å². The molecule has 1 aromatic heterocycles. The van der Waals surface area contributed by atoms with E-state index in [0.29, 0.717) is 11.4 Å². The minimum Gasteiger partial charge on any atom is -0.497 e. The molecule has 0 aliphatic carbocycles. The summed E-state index contributed by atoms with van der Waals surface area (Å²) >= 11 is 0. The van der Waals surface area contributed by atoms with Crippen molar-refractivity contribution in [3.63, 3.8) is 0 Å². The van der Waals surface area contributed by atoms with Crippen molar-refractivity contribution in [3.05, 3.63) is 29.5 Å². The zero-order valence-electron chi connectivity index (χ0n) is 13.1. The first-order valence-electron chi connectivity index (χ1n) is 6.80. The van der Waals surface area contributed by atoms with Gasteiger partial charge in [0.1, 0.15) is 11.4 Å². The van der Waals surface area contributed by atoms with Crippen LogP contribution < -0.4 is 4.74 Å². The molecule has 0 saturated carbocycles. The number of aliphatic hydroxyl groups is 1. The summed E-state index contributed by atoms with van der Waals surface area (Å²) in [5.41, 5.74) is 1.51. The molecule has 0 aliphatic heterocycles. The minimum atomic E-state index is -0.596. The normalized spacial score (nSPS) is 11.7. The lowest BCUT2D eigenvalue weighted by molar-refractivity contribution is 0.0533. The molecule has 0 aliphatic rings. The first kappa shape index (κ1) is 15.4. The van der Waals surface area contributed by atoms with Crippen LogP contribution in [0.1, 0.15) is 32.0 Å². The fourth-order valence-corrected chi connectivity index (χ4v) is 2.33. The molecule has 0 atom stereocenters. The van der Waals surface area contributed by atoms with Crippen molar-refractivity contribution in [1.82, 2.24) is 4.57 Å². The van der Waals surface area contributed by atoms with E-state index in [9.17, 15) is 9.90 Å². The Morgan fingerprint density at radius 2 is 1.95 bits per heavy atom. The molecule has 21 heavy (non-hydrogen) atoms. The summed E-state index contributed by atoms with van der Waals surface area (Å²) in [5, 5.41) is 10.4. The van der Waals surface area contributed by atoms with Crippen LogP contribution in [0.5, 0.6) is 5.75 Å². The van der Waals surface area contributed by atoms with Crippen LogP contribution in [0.25, 0.3) is 10.9 Å². The SMILES string of the molecule is COc1cc(C)c2c(c1)cc(CO)n2C(=O)OC(C)(C)C. The van der Waals surface area contributed by atoms with E-state index in [-0.39, 0.29) is 6.61 Å². The molecule has 0 fully saturated rings. The summed E-state index contributed by atoms with van der Waals surface area (Å²) in [5.74, 6) is 0.714. The largest absolute Gasteiger partial charge is 0.497 e. The summed E-state index contributed by atoms with van der Waals surface area (Å²) in [6.07, 6.45) is -0.491. The van der Waals surface area contributed by atoms with E-state index in [0.717, 1.165) is 16.5 Å². The average Bonchev–Trinajstić information content (AvgIpc) is 2.75. The summed E-state index contributed by atoms with van der Waals surface area (Å²) in [6.45, 7) is 7.09. The number of nitrogens with zero attached hydrogens (tertiary/aromatic N) is 1. The van der Waals surface area contributed by atoms with Crippen molar-refractivity contribution in [2.75, 3.05) is 7.11 Å². The van der Waals surface area contributed by atoms with E-state index in [2.05, 4.69) is 0 Å². The number of hydrogen-bond acceptors (Lipinski definition) is 4. The van der Waals surface area contributed by atoms with Gasteiger partial charge in [0.2, 0.25) is 0 Å². The van der Waals surface area contributed by atoms with Crippen molar-refractivity contribution in [3.8, 4) is 5.75 Å². The van der Waals surface area contributed by atoms with E-state index in [1.165, 1.54) is 4.57 Å². The molecule has 0 bridgehead atoms. The Kier molecular flexibility index (Phi) is 3.96.